The maximum atomic E-state index is 13.5. The van der Waals surface area contributed by atoms with Crippen LogP contribution >= 0.6 is 11.6 Å². The lowest BCUT2D eigenvalue weighted by Gasteiger charge is -2.52. The SMILES string of the molecule is O=C(COc1ccc2c3c(c(=O)oc2c1)CCCC3)N1CCC2(O)CCCCC2[C@@H]1c1ccc(Cl)cc1. The molecule has 1 aliphatic heterocycles. The standard InChI is InChI=1S/C30H32ClNO5/c31-20-10-8-19(9-11-20)28-25-7-3-4-14-30(25,35)15-16-32(28)27(33)18-36-21-12-13-23-22-5-1-2-6-24(22)29(34)37-26(23)17-21/h8-13,17,25,28,35H,1-7,14-16,18H2/t25?,28-,30?/m0/s1. The third-order valence-electron chi connectivity index (χ3n) is 8.66. The number of fused-ring (bicyclic) bond motifs is 4. The average molecular weight is 522 g/mol. The summed E-state index contributed by atoms with van der Waals surface area (Å²) in [6.45, 7) is 0.344. The van der Waals surface area contributed by atoms with Gasteiger partial charge in [-0.15, -0.1) is 0 Å². The van der Waals surface area contributed by atoms with Crippen LogP contribution in [0.15, 0.2) is 51.7 Å². The van der Waals surface area contributed by atoms with Crippen LogP contribution in [0.1, 0.15) is 67.7 Å². The van der Waals surface area contributed by atoms with Gasteiger partial charge in [0.2, 0.25) is 0 Å². The van der Waals surface area contributed by atoms with E-state index in [0.29, 0.717) is 29.3 Å². The fourth-order valence-corrected chi connectivity index (χ4v) is 6.90. The van der Waals surface area contributed by atoms with Gasteiger partial charge in [0.15, 0.2) is 6.61 Å². The molecule has 3 aromatic rings. The molecule has 0 spiro atoms. The van der Waals surface area contributed by atoms with Crippen molar-refractivity contribution in [2.45, 2.75) is 69.4 Å². The molecule has 1 aromatic heterocycles. The van der Waals surface area contributed by atoms with E-state index in [1.165, 1.54) is 0 Å². The minimum atomic E-state index is -0.755. The fraction of sp³-hybridized carbons (Fsp3) is 0.467. The number of hydrogen-bond donors (Lipinski definition) is 1. The van der Waals surface area contributed by atoms with E-state index in [1.54, 1.807) is 6.07 Å². The second kappa shape index (κ2) is 9.80. The summed E-state index contributed by atoms with van der Waals surface area (Å²) in [7, 11) is 0. The normalized spacial score (nSPS) is 25.4. The van der Waals surface area contributed by atoms with E-state index < -0.39 is 5.60 Å². The summed E-state index contributed by atoms with van der Waals surface area (Å²) < 4.78 is 11.5. The largest absolute Gasteiger partial charge is 0.484 e. The van der Waals surface area contributed by atoms with E-state index in [2.05, 4.69) is 0 Å². The molecule has 0 bridgehead atoms. The Morgan fingerprint density at radius 3 is 2.65 bits per heavy atom. The number of piperidine rings is 1. The molecule has 1 saturated carbocycles. The van der Waals surface area contributed by atoms with Crippen LogP contribution in [-0.2, 0) is 17.6 Å². The maximum Gasteiger partial charge on any atom is 0.339 e. The molecule has 6 rings (SSSR count). The lowest BCUT2D eigenvalue weighted by atomic mass is 9.66. The number of amides is 1. The van der Waals surface area contributed by atoms with Gasteiger partial charge in [0.1, 0.15) is 11.3 Å². The van der Waals surface area contributed by atoms with Crippen LogP contribution in [-0.4, -0.2) is 34.7 Å². The van der Waals surface area contributed by atoms with E-state index in [9.17, 15) is 14.7 Å². The van der Waals surface area contributed by atoms with Crippen molar-refractivity contribution in [1.82, 2.24) is 4.90 Å². The molecule has 2 unspecified atom stereocenters. The Morgan fingerprint density at radius 1 is 1.05 bits per heavy atom. The molecule has 2 aromatic carbocycles. The van der Waals surface area contributed by atoms with E-state index >= 15 is 0 Å². The van der Waals surface area contributed by atoms with Crippen molar-refractivity contribution < 1.29 is 19.1 Å². The van der Waals surface area contributed by atoms with Crippen LogP contribution < -0.4 is 10.4 Å². The van der Waals surface area contributed by atoms with Gasteiger partial charge in [-0.3, -0.25) is 4.79 Å². The molecule has 1 amide bonds. The molecule has 3 aliphatic rings. The van der Waals surface area contributed by atoms with Crippen LogP contribution in [0, 0.1) is 5.92 Å². The molecule has 3 atom stereocenters. The first kappa shape index (κ1) is 24.5. The number of likely N-dealkylation sites (tertiary alicyclic amines) is 1. The van der Waals surface area contributed by atoms with Crippen molar-refractivity contribution in [2.75, 3.05) is 13.2 Å². The van der Waals surface area contributed by atoms with E-state index in [0.717, 1.165) is 73.4 Å². The molecule has 0 radical (unpaired) electrons. The third-order valence-corrected chi connectivity index (χ3v) is 8.91. The second-order valence-corrected chi connectivity index (χ2v) is 11.2. The first-order chi connectivity index (χ1) is 17.9. The predicted octanol–water partition coefficient (Wildman–Crippen LogP) is 5.60. The number of aryl methyl sites for hydroxylation is 1. The van der Waals surface area contributed by atoms with Gasteiger partial charge in [-0.25, -0.2) is 4.79 Å². The van der Waals surface area contributed by atoms with Gasteiger partial charge >= 0.3 is 5.63 Å². The number of hydrogen-bond acceptors (Lipinski definition) is 5. The number of ether oxygens (including phenoxy) is 1. The van der Waals surface area contributed by atoms with Crippen molar-refractivity contribution >= 4 is 28.5 Å². The lowest BCUT2D eigenvalue weighted by Crippen LogP contribution is -2.56. The molecule has 194 valence electrons. The summed E-state index contributed by atoms with van der Waals surface area (Å²) in [5.74, 6) is 0.342. The van der Waals surface area contributed by atoms with Crippen molar-refractivity contribution in [1.29, 1.82) is 0 Å². The smallest absolute Gasteiger partial charge is 0.339 e. The van der Waals surface area contributed by atoms with E-state index in [-0.39, 0.29) is 30.1 Å². The van der Waals surface area contributed by atoms with E-state index in [4.69, 9.17) is 20.8 Å². The number of nitrogens with zero attached hydrogens (tertiary/aromatic N) is 1. The average Bonchev–Trinajstić information content (AvgIpc) is 2.91. The van der Waals surface area contributed by atoms with Crippen molar-refractivity contribution in [3.63, 3.8) is 0 Å². The minimum absolute atomic E-state index is 0.0266. The third kappa shape index (κ3) is 4.55. The molecule has 37 heavy (non-hydrogen) atoms. The van der Waals surface area contributed by atoms with Gasteiger partial charge in [0.25, 0.3) is 5.91 Å². The summed E-state index contributed by atoms with van der Waals surface area (Å²) in [5.41, 5.74) is 2.34. The zero-order valence-corrected chi connectivity index (χ0v) is 21.6. The zero-order valence-electron chi connectivity index (χ0n) is 20.9. The van der Waals surface area contributed by atoms with Crippen molar-refractivity contribution in [3.05, 3.63) is 74.6 Å². The molecular formula is C30H32ClNO5. The van der Waals surface area contributed by atoms with Crippen LogP contribution in [0.4, 0.5) is 0 Å². The topological polar surface area (TPSA) is 80.0 Å². The number of rotatable bonds is 4. The van der Waals surface area contributed by atoms with Gasteiger partial charge in [0.05, 0.1) is 11.6 Å². The van der Waals surface area contributed by atoms with Crippen LogP contribution in [0.25, 0.3) is 11.0 Å². The molecule has 2 aliphatic carbocycles. The van der Waals surface area contributed by atoms with Gasteiger partial charge in [0, 0.05) is 34.5 Å². The number of aliphatic hydroxyl groups is 1. The number of carbonyl (C=O) groups excluding carboxylic acids is 1. The Bertz CT molecular complexity index is 1380. The molecule has 6 nitrogen and oxygen atoms in total. The summed E-state index contributed by atoms with van der Waals surface area (Å²) in [5, 5.41) is 13.1. The molecular weight excluding hydrogens is 490 g/mol. The van der Waals surface area contributed by atoms with Gasteiger partial charge < -0.3 is 19.2 Å². The lowest BCUT2D eigenvalue weighted by molar-refractivity contribution is -0.157. The van der Waals surface area contributed by atoms with Crippen LogP contribution in [0.5, 0.6) is 5.75 Å². The molecule has 7 heteroatoms. The molecule has 1 N–H and O–H groups in total. The van der Waals surface area contributed by atoms with Crippen molar-refractivity contribution in [3.8, 4) is 5.75 Å². The molecule has 1 saturated heterocycles. The number of halogens is 1. The fourth-order valence-electron chi connectivity index (χ4n) is 6.78. The van der Waals surface area contributed by atoms with Crippen molar-refractivity contribution in [2.24, 2.45) is 5.92 Å². The van der Waals surface area contributed by atoms with E-state index in [1.807, 2.05) is 41.3 Å². The number of benzene rings is 2. The Morgan fingerprint density at radius 2 is 1.84 bits per heavy atom. The van der Waals surface area contributed by atoms with Crippen LogP contribution in [0.3, 0.4) is 0 Å². The second-order valence-electron chi connectivity index (χ2n) is 10.8. The zero-order chi connectivity index (χ0) is 25.6. The minimum Gasteiger partial charge on any atom is -0.484 e. The number of carbonyl (C=O) groups is 1. The monoisotopic (exact) mass is 521 g/mol. The Kier molecular flexibility index (Phi) is 6.49. The summed E-state index contributed by atoms with van der Waals surface area (Å²) in [6.07, 6.45) is 8.00. The highest BCUT2D eigenvalue weighted by Gasteiger charge is 2.50. The van der Waals surface area contributed by atoms with Gasteiger partial charge in [-0.05, 0) is 80.3 Å². The predicted molar refractivity (Wildman–Crippen MR) is 142 cm³/mol. The Balaban J connectivity index is 1.24. The molecule has 2 heterocycles. The van der Waals surface area contributed by atoms with Gasteiger partial charge in [-0.2, -0.15) is 0 Å². The highest BCUT2D eigenvalue weighted by atomic mass is 35.5. The maximum absolute atomic E-state index is 13.5. The summed E-state index contributed by atoms with van der Waals surface area (Å²) >= 11 is 6.15. The highest BCUT2D eigenvalue weighted by molar-refractivity contribution is 6.30. The summed E-state index contributed by atoms with van der Waals surface area (Å²) in [4.78, 5) is 27.9. The quantitative estimate of drug-likeness (QED) is 0.452. The highest BCUT2D eigenvalue weighted by Crippen LogP contribution is 2.49. The van der Waals surface area contributed by atoms with Gasteiger partial charge in [-0.1, -0.05) is 36.6 Å². The first-order valence-electron chi connectivity index (χ1n) is 13.4. The van der Waals surface area contributed by atoms with Crippen LogP contribution in [0.2, 0.25) is 5.02 Å². The summed E-state index contributed by atoms with van der Waals surface area (Å²) in [6, 6.07) is 12.9. The molecule has 2 fully saturated rings. The Hall–Kier alpha value is -2.83. The Labute approximate surface area is 221 Å². The first-order valence-corrected chi connectivity index (χ1v) is 13.8.